The summed E-state index contributed by atoms with van der Waals surface area (Å²) >= 11 is 5.82. The van der Waals surface area contributed by atoms with Crippen molar-refractivity contribution in [3.05, 3.63) is 57.0 Å². The largest absolute Gasteiger partial charge is 0.618 e. The highest BCUT2D eigenvalue weighted by Gasteiger charge is 2.39. The number of anilines is 1. The first-order valence-corrected chi connectivity index (χ1v) is 7.85. The highest BCUT2D eigenvalue weighted by Crippen LogP contribution is 2.25. The van der Waals surface area contributed by atoms with Crippen LogP contribution in [0.15, 0.2) is 35.4 Å². The van der Waals surface area contributed by atoms with Gasteiger partial charge in [0, 0.05) is 12.1 Å². The lowest BCUT2D eigenvalue weighted by atomic mass is 10.2. The standard InChI is InChI=1S/C15H15ClF2N4O4/c1-2-26-12(23)8-21-11(16)7-19-13(14(21)24)20-9-15(17,18)10-5-3-4-6-22(10)25/h3-7H,2,8-9H2,1H3,(H,19,20). The summed E-state index contributed by atoms with van der Waals surface area (Å²) in [5, 5.41) is 13.5. The Morgan fingerprint density at radius 3 is 2.88 bits per heavy atom. The maximum absolute atomic E-state index is 14.2. The molecule has 11 heteroatoms. The molecule has 2 aromatic heterocycles. The van der Waals surface area contributed by atoms with Gasteiger partial charge in [0.15, 0.2) is 12.0 Å². The third kappa shape index (κ3) is 4.45. The molecule has 0 saturated heterocycles. The van der Waals surface area contributed by atoms with Gasteiger partial charge in [-0.1, -0.05) is 11.6 Å². The second kappa shape index (κ2) is 8.09. The zero-order valence-electron chi connectivity index (χ0n) is 13.6. The van der Waals surface area contributed by atoms with Gasteiger partial charge in [-0.3, -0.25) is 14.2 Å². The molecule has 0 aliphatic carbocycles. The van der Waals surface area contributed by atoms with Gasteiger partial charge in [0.1, 0.15) is 11.7 Å². The second-order valence-corrected chi connectivity index (χ2v) is 5.48. The number of nitrogens with zero attached hydrogens (tertiary/aromatic N) is 3. The molecule has 26 heavy (non-hydrogen) atoms. The van der Waals surface area contributed by atoms with E-state index in [2.05, 4.69) is 10.3 Å². The highest BCUT2D eigenvalue weighted by molar-refractivity contribution is 6.29. The molecule has 0 aromatic carbocycles. The second-order valence-electron chi connectivity index (χ2n) is 5.10. The number of alkyl halides is 2. The Labute approximate surface area is 151 Å². The molecule has 0 aliphatic rings. The van der Waals surface area contributed by atoms with Crippen LogP contribution in [0.4, 0.5) is 14.6 Å². The zero-order chi connectivity index (χ0) is 19.3. The first-order valence-electron chi connectivity index (χ1n) is 7.47. The topological polar surface area (TPSA) is 100 Å². The van der Waals surface area contributed by atoms with Crippen molar-refractivity contribution >= 4 is 23.4 Å². The number of ether oxygens (including phenoxy) is 1. The van der Waals surface area contributed by atoms with E-state index in [0.29, 0.717) is 0 Å². The molecule has 0 atom stereocenters. The number of hydrogen-bond acceptors (Lipinski definition) is 6. The number of esters is 1. The van der Waals surface area contributed by atoms with E-state index < -0.39 is 42.1 Å². The smallest absolute Gasteiger partial charge is 0.347 e. The molecule has 2 aromatic rings. The van der Waals surface area contributed by atoms with Crippen LogP contribution in [0.5, 0.6) is 0 Å². The number of aromatic nitrogens is 3. The zero-order valence-corrected chi connectivity index (χ0v) is 14.4. The summed E-state index contributed by atoms with van der Waals surface area (Å²) in [4.78, 5) is 27.5. The van der Waals surface area contributed by atoms with Gasteiger partial charge in [0.05, 0.1) is 19.3 Å². The lowest BCUT2D eigenvalue weighted by Gasteiger charge is -2.16. The molecule has 0 aliphatic heterocycles. The Bertz CT molecular complexity index is 860. The summed E-state index contributed by atoms with van der Waals surface area (Å²) in [5.41, 5.74) is -1.65. The van der Waals surface area contributed by atoms with Gasteiger partial charge < -0.3 is 15.3 Å². The molecule has 0 saturated carbocycles. The number of nitrogens with one attached hydrogen (secondary N) is 1. The Hall–Kier alpha value is -2.75. The van der Waals surface area contributed by atoms with Crippen molar-refractivity contribution in [1.82, 2.24) is 9.55 Å². The molecule has 0 amide bonds. The fourth-order valence-corrected chi connectivity index (χ4v) is 2.25. The predicted molar refractivity (Wildman–Crippen MR) is 87.9 cm³/mol. The van der Waals surface area contributed by atoms with Crippen LogP contribution in [-0.4, -0.2) is 28.7 Å². The van der Waals surface area contributed by atoms with Crippen LogP contribution in [0.3, 0.4) is 0 Å². The number of carbonyl (C=O) groups is 1. The van der Waals surface area contributed by atoms with E-state index in [0.717, 1.165) is 23.0 Å². The summed E-state index contributed by atoms with van der Waals surface area (Å²) in [6.07, 6.45) is 1.98. The molecule has 2 rings (SSSR count). The van der Waals surface area contributed by atoms with Crippen LogP contribution in [0.1, 0.15) is 12.6 Å². The third-order valence-electron chi connectivity index (χ3n) is 3.27. The lowest BCUT2D eigenvalue weighted by molar-refractivity contribution is -0.624. The maximum Gasteiger partial charge on any atom is 0.347 e. The Morgan fingerprint density at radius 2 is 2.23 bits per heavy atom. The van der Waals surface area contributed by atoms with Gasteiger partial charge in [-0.2, -0.15) is 13.5 Å². The van der Waals surface area contributed by atoms with Crippen LogP contribution in [-0.2, 0) is 22.0 Å². The van der Waals surface area contributed by atoms with E-state index in [9.17, 15) is 23.6 Å². The summed E-state index contributed by atoms with van der Waals surface area (Å²) < 4.78 is 34.0. The van der Waals surface area contributed by atoms with E-state index >= 15 is 0 Å². The SMILES string of the molecule is CCOC(=O)Cn1c(Cl)cnc(NCC(F)(F)c2cccc[n+]2[O-])c1=O. The van der Waals surface area contributed by atoms with E-state index in [1.807, 2.05) is 0 Å². The Morgan fingerprint density at radius 1 is 1.50 bits per heavy atom. The number of hydrogen-bond donors (Lipinski definition) is 1. The molecule has 0 radical (unpaired) electrons. The van der Waals surface area contributed by atoms with Gasteiger partial charge in [-0.05, 0) is 13.0 Å². The minimum absolute atomic E-state index is 0.0377. The molecular weight excluding hydrogens is 374 g/mol. The van der Waals surface area contributed by atoms with Gasteiger partial charge in [-0.15, -0.1) is 0 Å². The maximum atomic E-state index is 14.2. The van der Waals surface area contributed by atoms with Gasteiger partial charge >= 0.3 is 11.9 Å². The monoisotopic (exact) mass is 388 g/mol. The van der Waals surface area contributed by atoms with Gasteiger partial charge in [0.25, 0.3) is 11.3 Å². The van der Waals surface area contributed by atoms with Crippen molar-refractivity contribution < 1.29 is 23.0 Å². The highest BCUT2D eigenvalue weighted by atomic mass is 35.5. The first kappa shape index (κ1) is 19.6. The molecule has 2 heterocycles. The van der Waals surface area contributed by atoms with Crippen molar-refractivity contribution in [3.8, 4) is 0 Å². The molecular formula is C15H15ClF2N4O4. The van der Waals surface area contributed by atoms with Crippen LogP contribution < -0.4 is 15.6 Å². The van der Waals surface area contributed by atoms with Gasteiger partial charge in [0.2, 0.25) is 0 Å². The fraction of sp³-hybridized carbons (Fsp3) is 0.333. The fourth-order valence-electron chi connectivity index (χ4n) is 2.07. The summed E-state index contributed by atoms with van der Waals surface area (Å²) in [6, 6.07) is 3.59. The molecule has 1 N–H and O–H groups in total. The number of rotatable bonds is 7. The third-order valence-corrected chi connectivity index (χ3v) is 3.58. The van der Waals surface area contributed by atoms with Crippen molar-refractivity contribution in [3.63, 3.8) is 0 Å². The Kier molecular flexibility index (Phi) is 6.09. The normalized spacial score (nSPS) is 11.2. The van der Waals surface area contributed by atoms with E-state index in [-0.39, 0.29) is 16.5 Å². The number of halogens is 3. The van der Waals surface area contributed by atoms with Crippen LogP contribution in [0, 0.1) is 5.21 Å². The van der Waals surface area contributed by atoms with E-state index in [1.165, 1.54) is 12.1 Å². The van der Waals surface area contributed by atoms with Crippen LogP contribution in [0.2, 0.25) is 5.15 Å². The quantitative estimate of drug-likeness (QED) is 0.436. The summed E-state index contributed by atoms with van der Waals surface area (Å²) in [7, 11) is 0. The van der Waals surface area contributed by atoms with Crippen molar-refractivity contribution in [2.75, 3.05) is 18.5 Å². The number of pyridine rings is 1. The minimum atomic E-state index is -3.57. The van der Waals surface area contributed by atoms with Crippen molar-refractivity contribution in [2.45, 2.75) is 19.4 Å². The van der Waals surface area contributed by atoms with Crippen molar-refractivity contribution in [1.29, 1.82) is 0 Å². The van der Waals surface area contributed by atoms with Crippen LogP contribution in [0.25, 0.3) is 0 Å². The number of carbonyl (C=O) groups excluding carboxylic acids is 1. The van der Waals surface area contributed by atoms with Crippen LogP contribution >= 0.6 is 11.6 Å². The predicted octanol–water partition coefficient (Wildman–Crippen LogP) is 1.30. The first-order chi connectivity index (χ1) is 12.3. The molecule has 0 bridgehead atoms. The summed E-state index contributed by atoms with van der Waals surface area (Å²) in [5.74, 6) is -4.72. The molecule has 0 unspecified atom stereocenters. The average Bonchev–Trinajstić information content (AvgIpc) is 2.58. The van der Waals surface area contributed by atoms with Gasteiger partial charge in [-0.25, -0.2) is 4.98 Å². The Balaban J connectivity index is 2.21. The summed E-state index contributed by atoms with van der Waals surface area (Å²) in [6.45, 7) is 0.163. The molecule has 0 spiro atoms. The van der Waals surface area contributed by atoms with E-state index in [1.54, 1.807) is 6.92 Å². The molecule has 140 valence electrons. The molecule has 0 fully saturated rings. The average molecular weight is 389 g/mol. The van der Waals surface area contributed by atoms with Crippen molar-refractivity contribution in [2.24, 2.45) is 0 Å². The van der Waals surface area contributed by atoms with E-state index in [4.69, 9.17) is 16.3 Å². The minimum Gasteiger partial charge on any atom is -0.618 e. The lowest BCUT2D eigenvalue weighted by Crippen LogP contribution is -2.41. The molecule has 8 nitrogen and oxygen atoms in total.